The number of anilines is 1. The quantitative estimate of drug-likeness (QED) is 0.266. The number of carbonyl (C=O) groups is 1. The van der Waals surface area contributed by atoms with E-state index in [-0.39, 0.29) is 18.3 Å². The molecule has 5 rings (SSSR count). The third-order valence-electron chi connectivity index (χ3n) is 5.33. The molecule has 170 valence electrons. The predicted octanol–water partition coefficient (Wildman–Crippen LogP) is 7.66. The van der Waals surface area contributed by atoms with E-state index < -0.39 is 0 Å². The molecule has 0 bridgehead atoms. The summed E-state index contributed by atoms with van der Waals surface area (Å²) in [6.07, 6.45) is 0. The van der Waals surface area contributed by atoms with Crippen LogP contribution in [0.4, 0.5) is 5.69 Å². The molecule has 0 unspecified atom stereocenters. The van der Waals surface area contributed by atoms with Crippen molar-refractivity contribution in [3.05, 3.63) is 100 Å². The van der Waals surface area contributed by atoms with Crippen molar-refractivity contribution in [3.63, 3.8) is 0 Å². The molecule has 0 fully saturated rings. The molecule has 0 saturated carbocycles. The number of carbonyl (C=O) groups excluding carboxylic acids is 1. The van der Waals surface area contributed by atoms with Crippen molar-refractivity contribution in [1.29, 1.82) is 0 Å². The van der Waals surface area contributed by atoms with E-state index in [0.29, 0.717) is 22.2 Å². The Morgan fingerprint density at radius 1 is 1.03 bits per heavy atom. The second kappa shape index (κ2) is 9.33. The molecule has 5 nitrogen and oxygen atoms in total. The van der Waals surface area contributed by atoms with E-state index in [1.54, 1.807) is 35.6 Å². The molecular weight excluding hydrogens is 468 g/mol. The highest BCUT2D eigenvalue weighted by atomic mass is 35.5. The molecule has 0 aliphatic rings. The van der Waals surface area contributed by atoms with Crippen LogP contribution in [0.15, 0.2) is 77.2 Å². The molecule has 0 aliphatic carbocycles. The maximum atomic E-state index is 12.6. The van der Waals surface area contributed by atoms with Crippen LogP contribution in [0, 0.1) is 13.8 Å². The van der Waals surface area contributed by atoms with Crippen molar-refractivity contribution >= 4 is 44.7 Å². The van der Waals surface area contributed by atoms with Crippen LogP contribution in [0.3, 0.4) is 0 Å². The number of amides is 1. The summed E-state index contributed by atoms with van der Waals surface area (Å²) in [5.74, 6) is 1.14. The van der Waals surface area contributed by atoms with Gasteiger partial charge in [0, 0.05) is 16.3 Å². The monoisotopic (exact) mass is 488 g/mol. The summed E-state index contributed by atoms with van der Waals surface area (Å²) in [5.41, 5.74) is 4.83. The fourth-order valence-electron chi connectivity index (χ4n) is 3.48. The number of hydrogen-bond donors (Lipinski definition) is 1. The number of hydrogen-bond acceptors (Lipinski definition) is 5. The number of furan rings is 1. The number of fused-ring (bicyclic) bond motifs is 1. The topological polar surface area (TPSA) is 64.4 Å². The molecule has 0 aliphatic heterocycles. The predicted molar refractivity (Wildman–Crippen MR) is 137 cm³/mol. The average Bonchev–Trinajstić information content (AvgIpc) is 3.47. The van der Waals surface area contributed by atoms with Crippen molar-refractivity contribution in [3.8, 4) is 16.3 Å². The van der Waals surface area contributed by atoms with Gasteiger partial charge < -0.3 is 14.5 Å². The zero-order valence-corrected chi connectivity index (χ0v) is 20.2. The fraction of sp³-hybridized carbons (Fsp3) is 0.111. The number of halogens is 1. The van der Waals surface area contributed by atoms with Crippen molar-refractivity contribution in [2.75, 3.05) is 5.32 Å². The molecule has 0 spiro atoms. The van der Waals surface area contributed by atoms with Crippen LogP contribution >= 0.6 is 22.9 Å². The maximum Gasteiger partial charge on any atom is 0.291 e. The normalized spacial score (nSPS) is 11.0. The SMILES string of the molecule is Cc1ccc2nc(-c3ccc(NC(=O)c4ccc(COc5ccc(Cl)c(C)c5)o4)cc3)sc2c1. The second-order valence-corrected chi connectivity index (χ2v) is 9.43. The number of aryl methyl sites for hydroxylation is 2. The van der Waals surface area contributed by atoms with Gasteiger partial charge in [-0.05, 0) is 91.7 Å². The van der Waals surface area contributed by atoms with E-state index in [4.69, 9.17) is 25.7 Å². The lowest BCUT2D eigenvalue weighted by Gasteiger charge is -2.06. The van der Waals surface area contributed by atoms with E-state index in [1.165, 1.54) is 5.56 Å². The summed E-state index contributed by atoms with van der Waals surface area (Å²) >= 11 is 7.70. The Morgan fingerprint density at radius 3 is 2.65 bits per heavy atom. The first-order chi connectivity index (χ1) is 16.4. The van der Waals surface area contributed by atoms with E-state index in [9.17, 15) is 4.79 Å². The summed E-state index contributed by atoms with van der Waals surface area (Å²) in [6.45, 7) is 4.20. The third-order valence-corrected chi connectivity index (χ3v) is 6.82. The van der Waals surface area contributed by atoms with Gasteiger partial charge >= 0.3 is 0 Å². The van der Waals surface area contributed by atoms with Crippen molar-refractivity contribution in [2.45, 2.75) is 20.5 Å². The Bertz CT molecular complexity index is 1490. The van der Waals surface area contributed by atoms with E-state index >= 15 is 0 Å². The second-order valence-electron chi connectivity index (χ2n) is 7.99. The minimum Gasteiger partial charge on any atom is -0.486 e. The molecule has 5 aromatic rings. The Labute approximate surface area is 206 Å². The number of ether oxygens (including phenoxy) is 1. The number of thiazole rings is 1. The van der Waals surface area contributed by atoms with Gasteiger partial charge in [0.25, 0.3) is 5.91 Å². The van der Waals surface area contributed by atoms with Crippen molar-refractivity contribution in [2.24, 2.45) is 0 Å². The zero-order chi connectivity index (χ0) is 23.7. The highest BCUT2D eigenvalue weighted by molar-refractivity contribution is 7.21. The van der Waals surface area contributed by atoms with Gasteiger partial charge in [-0.1, -0.05) is 17.7 Å². The third kappa shape index (κ3) is 4.83. The van der Waals surface area contributed by atoms with Crippen LogP contribution in [-0.2, 0) is 6.61 Å². The van der Waals surface area contributed by atoms with E-state index in [1.807, 2.05) is 43.3 Å². The molecule has 7 heteroatoms. The van der Waals surface area contributed by atoms with Gasteiger partial charge in [0.2, 0.25) is 0 Å². The largest absolute Gasteiger partial charge is 0.486 e. The first-order valence-electron chi connectivity index (χ1n) is 10.7. The van der Waals surface area contributed by atoms with Gasteiger partial charge in [0.1, 0.15) is 23.1 Å². The summed E-state index contributed by atoms with van der Waals surface area (Å²) in [7, 11) is 0. The summed E-state index contributed by atoms with van der Waals surface area (Å²) in [6, 6.07) is 22.7. The molecule has 1 N–H and O–H groups in total. The number of nitrogens with one attached hydrogen (secondary N) is 1. The molecule has 1 amide bonds. The number of rotatable bonds is 6. The molecule has 3 aromatic carbocycles. The maximum absolute atomic E-state index is 12.6. The molecule has 2 heterocycles. The molecule has 0 saturated heterocycles. The van der Waals surface area contributed by atoms with E-state index in [0.717, 1.165) is 26.4 Å². The minimum absolute atomic E-state index is 0.213. The summed E-state index contributed by atoms with van der Waals surface area (Å²) < 4.78 is 12.6. The molecule has 34 heavy (non-hydrogen) atoms. The molecule has 0 radical (unpaired) electrons. The first-order valence-corrected chi connectivity index (χ1v) is 11.9. The van der Waals surface area contributed by atoms with Crippen LogP contribution < -0.4 is 10.1 Å². The smallest absolute Gasteiger partial charge is 0.291 e. The Balaban J connectivity index is 1.22. The van der Waals surface area contributed by atoms with Crippen molar-refractivity contribution in [1.82, 2.24) is 4.98 Å². The Kier molecular flexibility index (Phi) is 6.09. The summed E-state index contributed by atoms with van der Waals surface area (Å²) in [4.78, 5) is 17.3. The summed E-state index contributed by atoms with van der Waals surface area (Å²) in [5, 5.41) is 4.50. The van der Waals surface area contributed by atoms with Gasteiger partial charge in [0.15, 0.2) is 5.76 Å². The zero-order valence-electron chi connectivity index (χ0n) is 18.6. The Hall–Kier alpha value is -3.61. The van der Waals surface area contributed by atoms with Gasteiger partial charge in [0.05, 0.1) is 10.2 Å². The van der Waals surface area contributed by atoms with E-state index in [2.05, 4.69) is 24.4 Å². The van der Waals surface area contributed by atoms with Gasteiger partial charge in [-0.3, -0.25) is 4.79 Å². The average molecular weight is 489 g/mol. The van der Waals surface area contributed by atoms with Crippen LogP contribution in [0.25, 0.3) is 20.8 Å². The van der Waals surface area contributed by atoms with Gasteiger partial charge in [-0.15, -0.1) is 11.3 Å². The first kappa shape index (κ1) is 22.2. The van der Waals surface area contributed by atoms with Crippen LogP contribution in [0.2, 0.25) is 5.02 Å². The van der Waals surface area contributed by atoms with Gasteiger partial charge in [-0.2, -0.15) is 0 Å². The van der Waals surface area contributed by atoms with Crippen LogP contribution in [0.5, 0.6) is 5.75 Å². The standard InChI is InChI=1S/C27H21ClN2O3S/c1-16-3-11-23-25(13-16)34-27(30-23)18-4-6-19(7-5-18)29-26(31)24-12-9-21(33-24)15-32-20-8-10-22(28)17(2)14-20/h3-14H,15H2,1-2H3,(H,29,31). The van der Waals surface area contributed by atoms with Crippen LogP contribution in [0.1, 0.15) is 27.4 Å². The van der Waals surface area contributed by atoms with Gasteiger partial charge in [-0.25, -0.2) is 4.98 Å². The molecule has 2 aromatic heterocycles. The minimum atomic E-state index is -0.322. The lowest BCUT2D eigenvalue weighted by molar-refractivity contribution is 0.0992. The number of benzene rings is 3. The highest BCUT2D eigenvalue weighted by Gasteiger charge is 2.13. The Morgan fingerprint density at radius 2 is 1.85 bits per heavy atom. The lowest BCUT2D eigenvalue weighted by Crippen LogP contribution is -2.10. The van der Waals surface area contributed by atoms with Crippen LogP contribution in [-0.4, -0.2) is 10.9 Å². The number of nitrogens with zero attached hydrogens (tertiary/aromatic N) is 1. The number of aromatic nitrogens is 1. The molecular formula is C27H21ClN2O3S. The molecule has 0 atom stereocenters. The fourth-order valence-corrected chi connectivity index (χ4v) is 4.67. The highest BCUT2D eigenvalue weighted by Crippen LogP contribution is 2.31. The van der Waals surface area contributed by atoms with Crippen molar-refractivity contribution < 1.29 is 13.9 Å². The lowest BCUT2D eigenvalue weighted by atomic mass is 10.2.